The summed E-state index contributed by atoms with van der Waals surface area (Å²) in [5.41, 5.74) is -0.431. The molecule has 1 N–H and O–H groups in total. The number of hydrogen-bond acceptors (Lipinski definition) is 2. The lowest BCUT2D eigenvalue weighted by atomic mass is 10.1. The van der Waals surface area contributed by atoms with Gasteiger partial charge >= 0.3 is 0 Å². The van der Waals surface area contributed by atoms with Crippen molar-refractivity contribution < 1.29 is 13.9 Å². The van der Waals surface area contributed by atoms with Gasteiger partial charge in [0.2, 0.25) is 0 Å². The quantitative estimate of drug-likeness (QED) is 0.531. The molecule has 1 rings (SSSR count). The van der Waals surface area contributed by atoms with Crippen LogP contribution in [0.1, 0.15) is 13.8 Å². The van der Waals surface area contributed by atoms with Gasteiger partial charge in [0, 0.05) is 0 Å². The van der Waals surface area contributed by atoms with E-state index in [2.05, 4.69) is 10.1 Å². The van der Waals surface area contributed by atoms with E-state index < -0.39 is 17.8 Å². The minimum atomic E-state index is -1.78. The molecule has 0 aliphatic carbocycles. The fraction of sp³-hybridized carbons (Fsp3) is 0.833. The van der Waals surface area contributed by atoms with Gasteiger partial charge < -0.3 is 10.1 Å². The van der Waals surface area contributed by atoms with E-state index in [0.717, 1.165) is 0 Å². The van der Waals surface area contributed by atoms with Crippen molar-refractivity contribution in [2.24, 2.45) is 0 Å². The lowest BCUT2D eigenvalue weighted by Crippen LogP contribution is -2.55. The Hall–Kier alpha value is -0.640. The molecule has 1 saturated heterocycles. The fourth-order valence-corrected chi connectivity index (χ4v) is 0.784. The molecule has 1 heterocycles. The molecule has 3 nitrogen and oxygen atoms in total. The van der Waals surface area contributed by atoms with Crippen LogP contribution in [0, 0.1) is 0 Å². The summed E-state index contributed by atoms with van der Waals surface area (Å²) in [6.07, 6.45) is -1.78. The van der Waals surface area contributed by atoms with Crippen LogP contribution in [-0.4, -0.2) is 24.4 Å². The van der Waals surface area contributed by atoms with Gasteiger partial charge in [0.05, 0.1) is 12.1 Å². The maximum atomic E-state index is 12.3. The maximum absolute atomic E-state index is 12.3. The summed E-state index contributed by atoms with van der Waals surface area (Å²) in [4.78, 5) is 10.6. The van der Waals surface area contributed by atoms with Crippen molar-refractivity contribution in [1.82, 2.24) is 5.32 Å². The number of carbonyl (C=O) groups is 1. The first kappa shape index (κ1) is 7.47. The van der Waals surface area contributed by atoms with Gasteiger partial charge in [-0.25, -0.2) is 4.39 Å². The molecule has 0 bridgehead atoms. The van der Waals surface area contributed by atoms with Gasteiger partial charge in [0.15, 0.2) is 0 Å². The first-order valence-electron chi connectivity index (χ1n) is 3.09. The van der Waals surface area contributed by atoms with Gasteiger partial charge in [-0.1, -0.05) is 0 Å². The predicted molar refractivity (Wildman–Crippen MR) is 33.1 cm³/mol. The minimum Gasteiger partial charge on any atom is -0.344 e. The average molecular weight is 147 g/mol. The van der Waals surface area contributed by atoms with Crippen LogP contribution in [0.4, 0.5) is 4.39 Å². The van der Waals surface area contributed by atoms with Gasteiger partial charge in [-0.3, -0.25) is 4.79 Å². The SMILES string of the molecule is CC1(C)COC(F)C(=O)N1. The topological polar surface area (TPSA) is 38.3 Å². The third kappa shape index (κ3) is 1.44. The van der Waals surface area contributed by atoms with Crippen LogP contribution in [-0.2, 0) is 9.53 Å². The second kappa shape index (κ2) is 2.20. The summed E-state index contributed by atoms with van der Waals surface area (Å²) in [6.45, 7) is 3.77. The fourth-order valence-electron chi connectivity index (χ4n) is 0.784. The zero-order valence-electron chi connectivity index (χ0n) is 5.98. The molecule has 0 radical (unpaired) electrons. The van der Waals surface area contributed by atoms with E-state index in [1.165, 1.54) is 0 Å². The second-order valence-corrected chi connectivity index (χ2v) is 3.00. The van der Waals surface area contributed by atoms with Crippen molar-refractivity contribution in [3.05, 3.63) is 0 Å². The zero-order valence-corrected chi connectivity index (χ0v) is 5.98. The number of rotatable bonds is 0. The van der Waals surface area contributed by atoms with Crippen LogP contribution >= 0.6 is 0 Å². The Labute approximate surface area is 58.5 Å². The molecule has 0 aromatic heterocycles. The minimum absolute atomic E-state index is 0.222. The Morgan fingerprint density at radius 2 is 2.40 bits per heavy atom. The molecule has 1 amide bonds. The molecule has 1 aliphatic heterocycles. The summed E-state index contributed by atoms with van der Waals surface area (Å²) in [5.74, 6) is -0.684. The highest BCUT2D eigenvalue weighted by Crippen LogP contribution is 2.11. The molecule has 10 heavy (non-hydrogen) atoms. The van der Waals surface area contributed by atoms with Crippen molar-refractivity contribution in [3.8, 4) is 0 Å². The van der Waals surface area contributed by atoms with Gasteiger partial charge in [-0.05, 0) is 13.8 Å². The summed E-state index contributed by atoms with van der Waals surface area (Å²) in [5, 5.41) is 2.47. The van der Waals surface area contributed by atoms with E-state index in [1.54, 1.807) is 13.8 Å². The van der Waals surface area contributed by atoms with Crippen molar-refractivity contribution in [2.75, 3.05) is 6.61 Å². The first-order valence-corrected chi connectivity index (χ1v) is 3.09. The Balaban J connectivity index is 2.57. The molecule has 1 fully saturated rings. The van der Waals surface area contributed by atoms with Crippen molar-refractivity contribution in [1.29, 1.82) is 0 Å². The third-order valence-corrected chi connectivity index (χ3v) is 1.26. The molecule has 1 atom stereocenters. The molecule has 0 spiro atoms. The second-order valence-electron chi connectivity index (χ2n) is 3.00. The summed E-state index contributed by atoms with van der Waals surface area (Å²) < 4.78 is 16.8. The van der Waals surface area contributed by atoms with Crippen LogP contribution in [0.2, 0.25) is 0 Å². The predicted octanol–water partition coefficient (Wildman–Crippen LogP) is 0.207. The molecule has 1 aliphatic rings. The van der Waals surface area contributed by atoms with Crippen LogP contribution in [0.3, 0.4) is 0 Å². The average Bonchev–Trinajstić information content (AvgIpc) is 1.79. The molecule has 58 valence electrons. The maximum Gasteiger partial charge on any atom is 0.282 e. The molecule has 1 unspecified atom stereocenters. The summed E-state index contributed by atoms with van der Waals surface area (Å²) in [7, 11) is 0. The van der Waals surface area contributed by atoms with Crippen LogP contribution in [0.25, 0.3) is 0 Å². The lowest BCUT2D eigenvalue weighted by molar-refractivity contribution is -0.160. The number of amides is 1. The number of halogens is 1. The number of nitrogens with one attached hydrogen (secondary N) is 1. The van der Waals surface area contributed by atoms with Gasteiger partial charge in [-0.2, -0.15) is 0 Å². The highest BCUT2D eigenvalue weighted by molar-refractivity contribution is 5.80. The zero-order chi connectivity index (χ0) is 7.78. The standard InChI is InChI=1S/C6H10FNO2/c1-6(2)3-10-4(7)5(9)8-6/h4H,3H2,1-2H3,(H,8,9). The summed E-state index contributed by atoms with van der Waals surface area (Å²) in [6, 6.07) is 0. The van der Waals surface area contributed by atoms with E-state index in [9.17, 15) is 9.18 Å². The monoisotopic (exact) mass is 147 g/mol. The molecular weight excluding hydrogens is 137 g/mol. The van der Waals surface area contributed by atoms with Crippen molar-refractivity contribution in [3.63, 3.8) is 0 Å². The van der Waals surface area contributed by atoms with Crippen molar-refractivity contribution in [2.45, 2.75) is 25.7 Å². The highest BCUT2D eigenvalue weighted by atomic mass is 19.1. The first-order chi connectivity index (χ1) is 4.51. The third-order valence-electron chi connectivity index (χ3n) is 1.26. The Kier molecular flexibility index (Phi) is 1.64. The highest BCUT2D eigenvalue weighted by Gasteiger charge is 2.32. The number of ether oxygens (including phenoxy) is 1. The van der Waals surface area contributed by atoms with E-state index in [0.29, 0.717) is 0 Å². The van der Waals surface area contributed by atoms with E-state index >= 15 is 0 Å². The van der Waals surface area contributed by atoms with E-state index in [4.69, 9.17) is 0 Å². The number of hydrogen-bond donors (Lipinski definition) is 1. The van der Waals surface area contributed by atoms with Crippen LogP contribution < -0.4 is 5.32 Å². The normalized spacial score (nSPS) is 31.5. The van der Waals surface area contributed by atoms with Crippen LogP contribution in [0.5, 0.6) is 0 Å². The number of carbonyl (C=O) groups excluding carboxylic acids is 1. The van der Waals surface area contributed by atoms with Gasteiger partial charge in [0.25, 0.3) is 12.3 Å². The Morgan fingerprint density at radius 1 is 1.80 bits per heavy atom. The largest absolute Gasteiger partial charge is 0.344 e. The molecular formula is C6H10FNO2. The van der Waals surface area contributed by atoms with Gasteiger partial charge in [-0.15, -0.1) is 0 Å². The lowest BCUT2D eigenvalue weighted by Gasteiger charge is -2.31. The molecule has 0 aromatic rings. The number of alkyl halides is 1. The van der Waals surface area contributed by atoms with Gasteiger partial charge in [0.1, 0.15) is 0 Å². The van der Waals surface area contributed by atoms with Crippen LogP contribution in [0.15, 0.2) is 0 Å². The molecule has 0 aromatic carbocycles. The van der Waals surface area contributed by atoms with E-state index in [1.807, 2.05) is 0 Å². The Bertz CT molecular complexity index is 158. The summed E-state index contributed by atoms with van der Waals surface area (Å²) >= 11 is 0. The number of morpholine rings is 1. The smallest absolute Gasteiger partial charge is 0.282 e. The van der Waals surface area contributed by atoms with Crippen molar-refractivity contribution >= 4 is 5.91 Å². The Morgan fingerprint density at radius 3 is 2.80 bits per heavy atom. The molecule has 4 heteroatoms. The molecule has 0 saturated carbocycles. The van der Waals surface area contributed by atoms with E-state index in [-0.39, 0.29) is 6.61 Å².